The van der Waals surface area contributed by atoms with Gasteiger partial charge in [-0.05, 0) is 42.8 Å². The van der Waals surface area contributed by atoms with Crippen LogP contribution >= 0.6 is 12.4 Å². The van der Waals surface area contributed by atoms with E-state index in [2.05, 4.69) is 17.6 Å². The number of ether oxygens (including phenoxy) is 1. The van der Waals surface area contributed by atoms with Crippen LogP contribution in [0.2, 0.25) is 0 Å². The van der Waals surface area contributed by atoms with Crippen LogP contribution < -0.4 is 21.1 Å². The highest BCUT2D eigenvalue weighted by Gasteiger charge is 2.11. The Hall–Kier alpha value is -2.24. The lowest BCUT2D eigenvalue weighted by atomic mass is 10.1. The van der Waals surface area contributed by atoms with Gasteiger partial charge in [0.15, 0.2) is 0 Å². The fraction of sp³-hybridized carbons (Fsp3) is 0.316. The minimum atomic E-state index is -0.134. The lowest BCUT2D eigenvalue weighted by molar-refractivity contribution is 0.102. The number of anilines is 2. The van der Waals surface area contributed by atoms with E-state index in [0.717, 1.165) is 36.5 Å². The maximum atomic E-state index is 12.5. The highest BCUT2D eigenvalue weighted by atomic mass is 35.5. The van der Waals surface area contributed by atoms with Crippen LogP contribution in [0.4, 0.5) is 11.4 Å². The van der Waals surface area contributed by atoms with Crippen LogP contribution in [0.1, 0.15) is 30.1 Å². The zero-order chi connectivity index (χ0) is 17.2. The molecule has 25 heavy (non-hydrogen) atoms. The molecule has 136 valence electrons. The second kappa shape index (κ2) is 11.3. The first-order valence-electron chi connectivity index (χ1n) is 8.31. The molecule has 0 fully saturated rings. The minimum absolute atomic E-state index is 0. The second-order valence-electron chi connectivity index (χ2n) is 5.44. The summed E-state index contributed by atoms with van der Waals surface area (Å²) in [5.74, 6) is 0.602. The first-order valence-corrected chi connectivity index (χ1v) is 8.31. The average molecular weight is 364 g/mol. The molecule has 0 saturated heterocycles. The van der Waals surface area contributed by atoms with Crippen molar-refractivity contribution in [2.24, 2.45) is 5.73 Å². The number of unbranched alkanes of at least 4 members (excludes halogenated alkanes) is 1. The van der Waals surface area contributed by atoms with Crippen LogP contribution in [0.15, 0.2) is 48.5 Å². The van der Waals surface area contributed by atoms with Crippen molar-refractivity contribution in [3.63, 3.8) is 0 Å². The Kier molecular flexibility index (Phi) is 9.43. The Morgan fingerprint density at radius 1 is 1.12 bits per heavy atom. The first kappa shape index (κ1) is 20.8. The van der Waals surface area contributed by atoms with Crippen molar-refractivity contribution in [2.45, 2.75) is 19.8 Å². The van der Waals surface area contributed by atoms with Gasteiger partial charge in [0.05, 0.1) is 5.56 Å². The largest absolute Gasteiger partial charge is 0.492 e. The maximum Gasteiger partial charge on any atom is 0.257 e. The molecule has 0 radical (unpaired) electrons. The molecule has 6 heteroatoms. The van der Waals surface area contributed by atoms with Gasteiger partial charge in [0.25, 0.3) is 5.91 Å². The molecule has 4 N–H and O–H groups in total. The summed E-state index contributed by atoms with van der Waals surface area (Å²) in [4.78, 5) is 12.5. The van der Waals surface area contributed by atoms with Crippen molar-refractivity contribution >= 4 is 29.7 Å². The van der Waals surface area contributed by atoms with Crippen LogP contribution in [0.5, 0.6) is 5.75 Å². The van der Waals surface area contributed by atoms with E-state index in [1.165, 1.54) is 0 Å². The van der Waals surface area contributed by atoms with Crippen molar-refractivity contribution in [2.75, 3.05) is 30.3 Å². The van der Waals surface area contributed by atoms with E-state index in [-0.39, 0.29) is 18.3 Å². The van der Waals surface area contributed by atoms with E-state index in [9.17, 15) is 4.79 Å². The average Bonchev–Trinajstić information content (AvgIpc) is 2.62. The summed E-state index contributed by atoms with van der Waals surface area (Å²) >= 11 is 0. The summed E-state index contributed by atoms with van der Waals surface area (Å²) in [5.41, 5.74) is 7.62. The summed E-state index contributed by atoms with van der Waals surface area (Å²) in [7, 11) is 0. The lowest BCUT2D eigenvalue weighted by Crippen LogP contribution is -2.15. The molecular weight excluding hydrogens is 338 g/mol. The molecule has 0 aliphatic rings. The van der Waals surface area contributed by atoms with Crippen molar-refractivity contribution < 1.29 is 9.53 Å². The topological polar surface area (TPSA) is 76.4 Å². The lowest BCUT2D eigenvalue weighted by Gasteiger charge is -2.12. The number of nitrogens with two attached hydrogens (primary N) is 1. The zero-order valence-corrected chi connectivity index (χ0v) is 15.3. The summed E-state index contributed by atoms with van der Waals surface area (Å²) in [6, 6.07) is 14.8. The van der Waals surface area contributed by atoms with E-state index in [1.807, 2.05) is 48.5 Å². The van der Waals surface area contributed by atoms with E-state index >= 15 is 0 Å². The fourth-order valence-corrected chi connectivity index (χ4v) is 2.24. The SMILES string of the molecule is CCCCNc1ccccc1C(=O)Nc1ccc(OCCN)cc1.Cl. The van der Waals surface area contributed by atoms with Crippen LogP contribution in [0, 0.1) is 0 Å². The standard InChI is InChI=1S/C19H25N3O2.ClH/c1-2-3-13-21-18-7-5-4-6-17(18)19(23)22-15-8-10-16(11-9-15)24-14-12-20;/h4-11,21H,2-3,12-14,20H2,1H3,(H,22,23);1H. The van der Waals surface area contributed by atoms with Crippen LogP contribution in [-0.4, -0.2) is 25.6 Å². The third kappa shape index (κ3) is 6.64. The number of nitrogens with one attached hydrogen (secondary N) is 2. The summed E-state index contributed by atoms with van der Waals surface area (Å²) in [5, 5.41) is 6.23. The molecule has 0 unspecified atom stereocenters. The highest BCUT2D eigenvalue weighted by molar-refractivity contribution is 6.08. The Morgan fingerprint density at radius 3 is 2.52 bits per heavy atom. The number of carbonyl (C=O) groups excluding carboxylic acids is 1. The molecule has 0 heterocycles. The molecule has 2 aromatic rings. The molecule has 1 amide bonds. The van der Waals surface area contributed by atoms with Crippen molar-refractivity contribution in [3.05, 3.63) is 54.1 Å². The van der Waals surface area contributed by atoms with E-state index in [1.54, 1.807) is 0 Å². The van der Waals surface area contributed by atoms with Gasteiger partial charge in [0.2, 0.25) is 0 Å². The summed E-state index contributed by atoms with van der Waals surface area (Å²) in [6.45, 7) is 3.94. The third-order valence-corrected chi connectivity index (χ3v) is 3.52. The fourth-order valence-electron chi connectivity index (χ4n) is 2.24. The molecule has 0 bridgehead atoms. The molecule has 2 rings (SSSR count). The van der Waals surface area contributed by atoms with Gasteiger partial charge >= 0.3 is 0 Å². The number of amides is 1. The van der Waals surface area contributed by atoms with E-state index < -0.39 is 0 Å². The Morgan fingerprint density at radius 2 is 1.84 bits per heavy atom. The number of benzene rings is 2. The molecule has 0 saturated carbocycles. The van der Waals surface area contributed by atoms with Gasteiger partial charge in [-0.2, -0.15) is 0 Å². The van der Waals surface area contributed by atoms with E-state index in [4.69, 9.17) is 10.5 Å². The number of hydrogen-bond donors (Lipinski definition) is 3. The molecule has 0 atom stereocenters. The molecule has 0 spiro atoms. The van der Waals surface area contributed by atoms with Gasteiger partial charge in [-0.1, -0.05) is 25.5 Å². The second-order valence-corrected chi connectivity index (χ2v) is 5.44. The van der Waals surface area contributed by atoms with Gasteiger partial charge in [0.1, 0.15) is 12.4 Å². The van der Waals surface area contributed by atoms with Gasteiger partial charge < -0.3 is 21.1 Å². The number of rotatable bonds is 9. The Bertz CT molecular complexity index is 647. The molecular formula is C19H26ClN3O2. The van der Waals surface area contributed by atoms with Crippen LogP contribution in [0.3, 0.4) is 0 Å². The van der Waals surface area contributed by atoms with Crippen molar-refractivity contribution in [3.8, 4) is 5.75 Å². The highest BCUT2D eigenvalue weighted by Crippen LogP contribution is 2.19. The third-order valence-electron chi connectivity index (χ3n) is 3.52. The Labute approximate surface area is 155 Å². The number of carbonyl (C=O) groups is 1. The molecule has 0 aliphatic heterocycles. The zero-order valence-electron chi connectivity index (χ0n) is 14.5. The number of halogens is 1. The summed E-state index contributed by atoms with van der Waals surface area (Å²) in [6.07, 6.45) is 2.18. The van der Waals surface area contributed by atoms with Crippen LogP contribution in [0.25, 0.3) is 0 Å². The maximum absolute atomic E-state index is 12.5. The monoisotopic (exact) mass is 363 g/mol. The van der Waals surface area contributed by atoms with Gasteiger partial charge in [-0.25, -0.2) is 0 Å². The minimum Gasteiger partial charge on any atom is -0.492 e. The molecule has 2 aromatic carbocycles. The quantitative estimate of drug-likeness (QED) is 0.590. The molecule has 0 aliphatic carbocycles. The van der Waals surface area contributed by atoms with Gasteiger partial charge in [-0.15, -0.1) is 12.4 Å². The normalized spacial score (nSPS) is 9.84. The molecule has 5 nitrogen and oxygen atoms in total. The predicted octanol–water partition coefficient (Wildman–Crippen LogP) is 3.91. The number of hydrogen-bond acceptors (Lipinski definition) is 4. The Balaban J connectivity index is 0.00000312. The van der Waals surface area contributed by atoms with Gasteiger partial charge in [0, 0.05) is 24.5 Å². The predicted molar refractivity (Wildman–Crippen MR) is 106 cm³/mol. The number of para-hydroxylation sites is 1. The summed E-state index contributed by atoms with van der Waals surface area (Å²) < 4.78 is 5.43. The smallest absolute Gasteiger partial charge is 0.257 e. The molecule has 0 aromatic heterocycles. The van der Waals surface area contributed by atoms with E-state index in [0.29, 0.717) is 18.7 Å². The van der Waals surface area contributed by atoms with Crippen LogP contribution in [-0.2, 0) is 0 Å². The van der Waals surface area contributed by atoms with Gasteiger partial charge in [-0.3, -0.25) is 4.79 Å². The first-order chi connectivity index (χ1) is 11.7. The van der Waals surface area contributed by atoms with Crippen molar-refractivity contribution in [1.29, 1.82) is 0 Å². The van der Waals surface area contributed by atoms with Crippen molar-refractivity contribution in [1.82, 2.24) is 0 Å².